The first-order valence-corrected chi connectivity index (χ1v) is 10.4. The molecule has 2 heterocycles. The topological polar surface area (TPSA) is 65.4 Å². The number of carbonyl (C=O) groups is 1. The Bertz CT molecular complexity index is 1040. The van der Waals surface area contributed by atoms with Gasteiger partial charge in [0, 0.05) is 25.5 Å². The number of carbonyl (C=O) groups excluding carboxylic acids is 1. The van der Waals surface area contributed by atoms with Crippen molar-refractivity contribution >= 4 is 5.91 Å². The molecule has 0 aliphatic carbocycles. The van der Waals surface area contributed by atoms with E-state index in [1.165, 1.54) is 7.11 Å². The van der Waals surface area contributed by atoms with Crippen LogP contribution in [0.4, 0.5) is 4.39 Å². The minimum Gasteiger partial charge on any atom is -0.493 e. The Morgan fingerprint density at radius 2 is 2.16 bits per heavy atom. The minimum atomic E-state index is -0.504. The summed E-state index contributed by atoms with van der Waals surface area (Å²) >= 11 is 0. The van der Waals surface area contributed by atoms with Gasteiger partial charge in [0.1, 0.15) is 0 Å². The van der Waals surface area contributed by atoms with Crippen LogP contribution < -0.4 is 10.1 Å². The summed E-state index contributed by atoms with van der Waals surface area (Å²) in [6.45, 7) is 2.83. The van der Waals surface area contributed by atoms with E-state index in [0.29, 0.717) is 25.1 Å². The summed E-state index contributed by atoms with van der Waals surface area (Å²) in [7, 11) is 1.38. The molecular formula is C24H26FN3O3. The number of hydrogen-bond acceptors (Lipinski definition) is 4. The van der Waals surface area contributed by atoms with Crippen molar-refractivity contribution in [1.29, 1.82) is 0 Å². The molecule has 1 aliphatic rings. The van der Waals surface area contributed by atoms with Gasteiger partial charge >= 0.3 is 0 Å². The number of hydrogen-bond donors (Lipinski definition) is 1. The Balaban J connectivity index is 1.56. The smallest absolute Gasteiger partial charge is 0.255 e. The van der Waals surface area contributed by atoms with Gasteiger partial charge in [0.05, 0.1) is 24.5 Å². The van der Waals surface area contributed by atoms with Gasteiger partial charge in [-0.15, -0.1) is 0 Å². The fourth-order valence-corrected chi connectivity index (χ4v) is 3.84. The van der Waals surface area contributed by atoms with Crippen LogP contribution in [-0.4, -0.2) is 42.1 Å². The molecule has 1 saturated heterocycles. The molecule has 1 amide bonds. The van der Waals surface area contributed by atoms with Crippen molar-refractivity contribution in [3.8, 4) is 11.4 Å². The molecule has 0 saturated carbocycles. The summed E-state index contributed by atoms with van der Waals surface area (Å²) < 4.78 is 27.6. The maximum absolute atomic E-state index is 15.0. The van der Waals surface area contributed by atoms with Crippen LogP contribution in [0, 0.1) is 12.7 Å². The van der Waals surface area contributed by atoms with Crippen LogP contribution in [0.1, 0.15) is 39.9 Å². The normalized spacial score (nSPS) is 15.8. The summed E-state index contributed by atoms with van der Waals surface area (Å²) in [5.41, 5.74) is 3.37. The van der Waals surface area contributed by atoms with Crippen LogP contribution >= 0.6 is 0 Å². The summed E-state index contributed by atoms with van der Waals surface area (Å²) in [4.78, 5) is 12.8. The molecule has 1 N–H and O–H groups in total. The molecule has 1 fully saturated rings. The molecule has 1 unspecified atom stereocenters. The summed E-state index contributed by atoms with van der Waals surface area (Å²) in [6.07, 6.45) is 6.02. The van der Waals surface area contributed by atoms with Crippen molar-refractivity contribution < 1.29 is 18.7 Å². The van der Waals surface area contributed by atoms with Gasteiger partial charge in [-0.2, -0.15) is 5.10 Å². The van der Waals surface area contributed by atoms with Crippen molar-refractivity contribution in [3.05, 3.63) is 76.9 Å². The minimum absolute atomic E-state index is 0.0120. The quantitative estimate of drug-likeness (QED) is 0.627. The molecule has 3 aromatic rings. The number of aromatic nitrogens is 2. The van der Waals surface area contributed by atoms with Crippen LogP contribution in [-0.2, 0) is 11.2 Å². The first-order chi connectivity index (χ1) is 15.1. The first-order valence-electron chi connectivity index (χ1n) is 10.4. The third kappa shape index (κ3) is 4.61. The monoisotopic (exact) mass is 423 g/mol. The van der Waals surface area contributed by atoms with E-state index in [2.05, 4.69) is 10.4 Å². The Hall–Kier alpha value is -3.19. The zero-order valence-corrected chi connectivity index (χ0v) is 17.7. The molecule has 1 aliphatic heterocycles. The molecule has 0 radical (unpaired) electrons. The predicted octanol–water partition coefficient (Wildman–Crippen LogP) is 3.83. The second-order valence-corrected chi connectivity index (χ2v) is 7.69. The molecule has 2 aromatic carbocycles. The maximum atomic E-state index is 15.0. The Morgan fingerprint density at radius 1 is 1.35 bits per heavy atom. The van der Waals surface area contributed by atoms with E-state index in [1.54, 1.807) is 23.9 Å². The van der Waals surface area contributed by atoms with Crippen molar-refractivity contribution in [2.24, 2.45) is 0 Å². The van der Waals surface area contributed by atoms with Gasteiger partial charge < -0.3 is 14.8 Å². The number of amides is 1. The first kappa shape index (κ1) is 21.1. The predicted molar refractivity (Wildman–Crippen MR) is 115 cm³/mol. The highest BCUT2D eigenvalue weighted by Crippen LogP contribution is 2.30. The van der Waals surface area contributed by atoms with Gasteiger partial charge in [0.15, 0.2) is 11.6 Å². The Labute approximate surface area is 181 Å². The lowest BCUT2D eigenvalue weighted by atomic mass is 9.96. The molecule has 7 heteroatoms. The number of halogens is 1. The zero-order valence-electron chi connectivity index (χ0n) is 17.7. The molecular weight excluding hydrogens is 397 g/mol. The molecule has 31 heavy (non-hydrogen) atoms. The molecule has 162 valence electrons. The van der Waals surface area contributed by atoms with E-state index < -0.39 is 5.82 Å². The molecule has 6 nitrogen and oxygen atoms in total. The van der Waals surface area contributed by atoms with Crippen molar-refractivity contribution in [2.75, 3.05) is 20.3 Å². The average molecular weight is 423 g/mol. The van der Waals surface area contributed by atoms with E-state index in [-0.39, 0.29) is 23.3 Å². The summed E-state index contributed by atoms with van der Waals surface area (Å²) in [6, 6.07) is 11.5. The SMILES string of the molecule is COc1c(C(=O)NCC2CCCO2)cc(Cc2ccc(-n3cccn3)cc2)c(C)c1F. The number of ether oxygens (including phenoxy) is 2. The van der Waals surface area contributed by atoms with Gasteiger partial charge in [0.25, 0.3) is 5.91 Å². The molecule has 1 atom stereocenters. The van der Waals surface area contributed by atoms with Gasteiger partial charge in [0.2, 0.25) is 0 Å². The van der Waals surface area contributed by atoms with Crippen LogP contribution in [0.2, 0.25) is 0 Å². The van der Waals surface area contributed by atoms with Gasteiger partial charge in [-0.25, -0.2) is 9.07 Å². The third-order valence-electron chi connectivity index (χ3n) is 5.64. The molecule has 1 aromatic heterocycles. The maximum Gasteiger partial charge on any atom is 0.255 e. The average Bonchev–Trinajstić information content (AvgIpc) is 3.50. The number of nitrogens with zero attached hydrogens (tertiary/aromatic N) is 2. The van der Waals surface area contributed by atoms with Crippen LogP contribution in [0.15, 0.2) is 48.8 Å². The Kier molecular flexibility index (Phi) is 6.32. The summed E-state index contributed by atoms with van der Waals surface area (Å²) in [5.74, 6) is -0.892. The zero-order chi connectivity index (χ0) is 21.8. The lowest BCUT2D eigenvalue weighted by Gasteiger charge is -2.17. The second-order valence-electron chi connectivity index (χ2n) is 7.69. The highest BCUT2D eigenvalue weighted by Gasteiger charge is 2.23. The summed E-state index contributed by atoms with van der Waals surface area (Å²) in [5, 5.41) is 7.08. The fraction of sp³-hybridized carbons (Fsp3) is 0.333. The fourth-order valence-electron chi connectivity index (χ4n) is 3.84. The molecule has 0 bridgehead atoms. The van der Waals surface area contributed by atoms with Crippen LogP contribution in [0.25, 0.3) is 5.69 Å². The molecule has 4 rings (SSSR count). The van der Waals surface area contributed by atoms with Crippen molar-refractivity contribution in [2.45, 2.75) is 32.3 Å². The van der Waals surface area contributed by atoms with E-state index >= 15 is 4.39 Å². The highest BCUT2D eigenvalue weighted by atomic mass is 19.1. The van der Waals surface area contributed by atoms with Crippen molar-refractivity contribution in [1.82, 2.24) is 15.1 Å². The lowest BCUT2D eigenvalue weighted by Crippen LogP contribution is -2.32. The van der Waals surface area contributed by atoms with Crippen molar-refractivity contribution in [3.63, 3.8) is 0 Å². The Morgan fingerprint density at radius 3 is 2.81 bits per heavy atom. The number of rotatable bonds is 7. The van der Waals surface area contributed by atoms with E-state index in [0.717, 1.165) is 29.7 Å². The second kappa shape index (κ2) is 9.31. The van der Waals surface area contributed by atoms with Gasteiger partial charge in [-0.3, -0.25) is 4.79 Å². The highest BCUT2D eigenvalue weighted by molar-refractivity contribution is 5.97. The van der Waals surface area contributed by atoms with E-state index in [1.807, 2.05) is 36.5 Å². The largest absolute Gasteiger partial charge is 0.493 e. The lowest BCUT2D eigenvalue weighted by molar-refractivity contribution is 0.0854. The van der Waals surface area contributed by atoms with Gasteiger partial charge in [-0.1, -0.05) is 12.1 Å². The number of nitrogens with one attached hydrogen (secondary N) is 1. The van der Waals surface area contributed by atoms with E-state index in [9.17, 15) is 4.79 Å². The standard InChI is InChI=1S/C24H26FN3O3/c1-16-18(13-17-6-8-19(9-7-17)28-11-4-10-27-28)14-21(23(30-2)22(16)25)24(29)26-15-20-5-3-12-31-20/h4,6-11,14,20H,3,5,12-13,15H2,1-2H3,(H,26,29). The molecule has 0 spiro atoms. The van der Waals surface area contributed by atoms with Gasteiger partial charge in [-0.05, 0) is 67.1 Å². The third-order valence-corrected chi connectivity index (χ3v) is 5.64. The number of benzene rings is 2. The van der Waals surface area contributed by atoms with E-state index in [4.69, 9.17) is 9.47 Å². The van der Waals surface area contributed by atoms with Crippen LogP contribution in [0.3, 0.4) is 0 Å². The number of methoxy groups -OCH3 is 1. The van der Waals surface area contributed by atoms with Crippen LogP contribution in [0.5, 0.6) is 5.75 Å².